The fourth-order valence-corrected chi connectivity index (χ4v) is 1.05. The molecule has 0 aromatic rings. The smallest absolute Gasteiger partial charge is 0.228 e. The maximum absolute atomic E-state index is 12.6. The van der Waals surface area contributed by atoms with Crippen molar-refractivity contribution < 1.29 is 29.6 Å². The van der Waals surface area contributed by atoms with Crippen molar-refractivity contribution in [2.75, 3.05) is 0 Å². The molecule has 1 saturated heterocycles. The average molecular weight is 182 g/mol. The molecule has 1 fully saturated rings. The van der Waals surface area contributed by atoms with Crippen molar-refractivity contribution in [2.24, 2.45) is 0 Å². The molecule has 72 valence electrons. The van der Waals surface area contributed by atoms with Crippen molar-refractivity contribution in [3.63, 3.8) is 0 Å². The van der Waals surface area contributed by atoms with Gasteiger partial charge in [0.1, 0.15) is 12.2 Å². The second-order valence-corrected chi connectivity index (χ2v) is 2.73. The van der Waals surface area contributed by atoms with Gasteiger partial charge in [-0.05, 0) is 0 Å². The third kappa shape index (κ3) is 1.90. The lowest BCUT2D eigenvalue weighted by Gasteiger charge is -2.33. The maximum atomic E-state index is 12.6. The monoisotopic (exact) mass is 182 g/mol. The number of hydrogen-bond acceptors (Lipinski definition) is 5. The molecule has 0 amide bonds. The van der Waals surface area contributed by atoms with E-state index in [2.05, 4.69) is 4.74 Å². The lowest BCUT2D eigenvalue weighted by atomic mass is 10.0. The van der Waals surface area contributed by atoms with Crippen LogP contribution >= 0.6 is 0 Å². The fraction of sp³-hybridized carbons (Fsp3) is 1.00. The maximum Gasteiger partial charge on any atom is 0.228 e. The lowest BCUT2D eigenvalue weighted by Crippen LogP contribution is -2.49. The van der Waals surface area contributed by atoms with Gasteiger partial charge in [-0.1, -0.05) is 0 Å². The van der Waals surface area contributed by atoms with Crippen molar-refractivity contribution in [3.05, 3.63) is 0 Å². The topological polar surface area (TPSA) is 90.2 Å². The van der Waals surface area contributed by atoms with E-state index in [4.69, 9.17) is 20.4 Å². The Balaban J connectivity index is 2.53. The van der Waals surface area contributed by atoms with E-state index in [0.29, 0.717) is 0 Å². The van der Waals surface area contributed by atoms with Gasteiger partial charge in [0.25, 0.3) is 0 Å². The van der Waals surface area contributed by atoms with E-state index in [0.717, 1.165) is 0 Å². The van der Waals surface area contributed by atoms with E-state index < -0.39 is 31.0 Å². The first-order valence-electron chi connectivity index (χ1n) is 3.54. The predicted molar refractivity (Wildman–Crippen MR) is 34.6 cm³/mol. The van der Waals surface area contributed by atoms with Crippen LogP contribution in [0.2, 0.25) is 0 Å². The number of aliphatic hydroxyl groups excluding tert-OH is 3. The molecule has 0 unspecified atom stereocenters. The molecule has 0 bridgehead atoms. The summed E-state index contributed by atoms with van der Waals surface area (Å²) in [5.41, 5.74) is 0. The van der Waals surface area contributed by atoms with Crippen molar-refractivity contribution in [1.29, 1.82) is 0 Å². The van der Waals surface area contributed by atoms with Crippen LogP contribution in [0.4, 0.5) is 4.39 Å². The van der Waals surface area contributed by atoms with Gasteiger partial charge in [0, 0.05) is 6.42 Å². The average Bonchev–Trinajstić information content (AvgIpc) is 1.99. The molecule has 0 radical (unpaired) electrons. The minimum Gasteiger partial charge on any atom is -0.390 e. The summed E-state index contributed by atoms with van der Waals surface area (Å²) in [7, 11) is 0. The summed E-state index contributed by atoms with van der Waals surface area (Å²) in [5, 5.41) is 34.9. The normalized spacial score (nSPS) is 43.5. The molecule has 12 heavy (non-hydrogen) atoms. The van der Waals surface area contributed by atoms with Crippen LogP contribution < -0.4 is 0 Å². The van der Waals surface area contributed by atoms with Gasteiger partial charge in [-0.25, -0.2) is 4.39 Å². The Morgan fingerprint density at radius 1 is 1.33 bits per heavy atom. The Kier molecular flexibility index (Phi) is 2.97. The van der Waals surface area contributed by atoms with Crippen LogP contribution in [0.25, 0.3) is 0 Å². The van der Waals surface area contributed by atoms with Gasteiger partial charge in [-0.15, -0.1) is 0 Å². The minimum absolute atomic E-state index is 0.195. The Morgan fingerprint density at radius 2 is 1.92 bits per heavy atom. The van der Waals surface area contributed by atoms with E-state index in [-0.39, 0.29) is 6.42 Å². The van der Waals surface area contributed by atoms with Crippen LogP contribution in [0.3, 0.4) is 0 Å². The molecule has 4 N–H and O–H groups in total. The molecule has 1 rings (SSSR count). The van der Waals surface area contributed by atoms with Crippen molar-refractivity contribution in [2.45, 2.75) is 37.4 Å². The van der Waals surface area contributed by atoms with Crippen LogP contribution in [0.1, 0.15) is 6.42 Å². The van der Waals surface area contributed by atoms with E-state index in [1.165, 1.54) is 0 Å². The summed E-state index contributed by atoms with van der Waals surface area (Å²) in [6.45, 7) is 0. The van der Waals surface area contributed by atoms with E-state index in [1.54, 1.807) is 0 Å². The summed E-state index contributed by atoms with van der Waals surface area (Å²) in [5.74, 6) is 0. The molecule has 6 heteroatoms. The zero-order chi connectivity index (χ0) is 9.30. The lowest BCUT2D eigenvalue weighted by molar-refractivity contribution is -0.262. The zero-order valence-corrected chi connectivity index (χ0v) is 6.17. The molecule has 1 aliphatic rings. The largest absolute Gasteiger partial charge is 0.390 e. The van der Waals surface area contributed by atoms with Crippen molar-refractivity contribution in [1.82, 2.24) is 0 Å². The Hall–Kier alpha value is -0.270. The molecular weight excluding hydrogens is 171 g/mol. The first-order chi connectivity index (χ1) is 5.52. The number of ether oxygens (including phenoxy) is 1. The van der Waals surface area contributed by atoms with Gasteiger partial charge < -0.3 is 25.2 Å². The first-order valence-corrected chi connectivity index (χ1v) is 3.54. The quantitative estimate of drug-likeness (QED) is 0.356. The highest BCUT2D eigenvalue weighted by molar-refractivity contribution is 4.81. The van der Waals surface area contributed by atoms with E-state index in [9.17, 15) is 4.39 Å². The van der Waals surface area contributed by atoms with Gasteiger partial charge >= 0.3 is 0 Å². The summed E-state index contributed by atoms with van der Waals surface area (Å²) >= 11 is 0. The highest BCUT2D eigenvalue weighted by Crippen LogP contribution is 2.22. The zero-order valence-electron chi connectivity index (χ0n) is 6.17. The summed E-state index contributed by atoms with van der Waals surface area (Å²) in [6, 6.07) is 0. The predicted octanol–water partition coefficient (Wildman–Crippen LogP) is -1.90. The highest BCUT2D eigenvalue weighted by atomic mass is 19.1. The van der Waals surface area contributed by atoms with E-state index >= 15 is 0 Å². The number of aliphatic hydroxyl groups is 4. The van der Waals surface area contributed by atoms with Gasteiger partial charge in [0.15, 0.2) is 6.29 Å². The standard InChI is InChI=1S/C6H11FO5/c7-5-4(9)2(8)1-3(12-5)6(10)11/h2-6,8-11H,1H2/t2-,3-,4+,5-/m0/s1. The Morgan fingerprint density at radius 3 is 2.33 bits per heavy atom. The van der Waals surface area contributed by atoms with Crippen LogP contribution in [-0.4, -0.2) is 51.4 Å². The van der Waals surface area contributed by atoms with Crippen molar-refractivity contribution in [3.8, 4) is 0 Å². The molecule has 0 saturated carbocycles. The fourth-order valence-electron chi connectivity index (χ4n) is 1.05. The second kappa shape index (κ2) is 3.63. The van der Waals surface area contributed by atoms with Gasteiger partial charge in [-0.2, -0.15) is 0 Å². The van der Waals surface area contributed by atoms with Crippen molar-refractivity contribution >= 4 is 0 Å². The van der Waals surface area contributed by atoms with Crippen LogP contribution in [0.5, 0.6) is 0 Å². The molecular formula is C6H11FO5. The van der Waals surface area contributed by atoms with Crippen LogP contribution in [0, 0.1) is 0 Å². The second-order valence-electron chi connectivity index (χ2n) is 2.73. The Bertz CT molecular complexity index is 141. The minimum atomic E-state index is -2.07. The third-order valence-corrected chi connectivity index (χ3v) is 1.77. The number of hydrogen-bond donors (Lipinski definition) is 4. The number of rotatable bonds is 1. The first kappa shape index (κ1) is 9.82. The summed E-state index contributed by atoms with van der Waals surface area (Å²) < 4.78 is 16.9. The molecule has 0 aliphatic carbocycles. The SMILES string of the molecule is OC(O)[C@@H]1C[C@H](O)[C@@H](O)[C@@H](F)O1. The highest BCUT2D eigenvalue weighted by Gasteiger charge is 2.39. The molecule has 1 aliphatic heterocycles. The summed E-state index contributed by atoms with van der Waals surface area (Å²) in [6.07, 6.45) is -8.22. The molecule has 0 aromatic heterocycles. The van der Waals surface area contributed by atoms with Gasteiger partial charge in [-0.3, -0.25) is 0 Å². The van der Waals surface area contributed by atoms with Gasteiger partial charge in [0.05, 0.1) is 6.10 Å². The number of halogens is 1. The molecule has 1 heterocycles. The molecule has 5 nitrogen and oxygen atoms in total. The molecule has 4 atom stereocenters. The number of alkyl halides is 1. The molecule has 0 spiro atoms. The van der Waals surface area contributed by atoms with Gasteiger partial charge in [0.2, 0.25) is 6.36 Å². The van der Waals surface area contributed by atoms with E-state index in [1.807, 2.05) is 0 Å². The third-order valence-electron chi connectivity index (χ3n) is 1.77. The van der Waals surface area contributed by atoms with Crippen LogP contribution in [0.15, 0.2) is 0 Å². The molecule has 0 aromatic carbocycles. The summed E-state index contributed by atoms with van der Waals surface area (Å²) in [4.78, 5) is 0. The van der Waals surface area contributed by atoms with Crippen LogP contribution in [-0.2, 0) is 4.74 Å². The Labute approximate surface area is 68.0 Å².